The fourth-order valence-corrected chi connectivity index (χ4v) is 3.29. The third kappa shape index (κ3) is 4.77. The van der Waals surface area contributed by atoms with Gasteiger partial charge in [-0.15, -0.1) is 0 Å². The Labute approximate surface area is 116 Å². The molecule has 0 radical (unpaired) electrons. The summed E-state index contributed by atoms with van der Waals surface area (Å²) in [5, 5.41) is 3.05. The zero-order valence-electron chi connectivity index (χ0n) is 12.2. The molecule has 1 aliphatic carbocycles. The summed E-state index contributed by atoms with van der Waals surface area (Å²) in [6.07, 6.45) is 7.30. The molecule has 1 N–H and O–H groups in total. The second-order valence-corrected chi connectivity index (χ2v) is 5.84. The highest BCUT2D eigenvalue weighted by Gasteiger charge is 2.29. The predicted octanol–water partition coefficient (Wildman–Crippen LogP) is 1.79. The molecule has 0 bridgehead atoms. The van der Waals surface area contributed by atoms with Crippen LogP contribution in [0.2, 0.25) is 0 Å². The lowest BCUT2D eigenvalue weighted by Crippen LogP contribution is -2.34. The van der Waals surface area contributed by atoms with Gasteiger partial charge in [0.15, 0.2) is 0 Å². The van der Waals surface area contributed by atoms with Crippen molar-refractivity contribution in [3.8, 4) is 0 Å². The monoisotopic (exact) mass is 268 g/mol. The number of carbonyl (C=O) groups is 1. The molecule has 2 aliphatic rings. The summed E-state index contributed by atoms with van der Waals surface area (Å²) in [4.78, 5) is 14.3. The van der Waals surface area contributed by atoms with Gasteiger partial charge in [-0.2, -0.15) is 0 Å². The van der Waals surface area contributed by atoms with Crippen LogP contribution in [0.4, 0.5) is 0 Å². The molecule has 1 atom stereocenters. The van der Waals surface area contributed by atoms with E-state index in [9.17, 15) is 4.79 Å². The van der Waals surface area contributed by atoms with Crippen molar-refractivity contribution in [2.75, 3.05) is 32.8 Å². The zero-order chi connectivity index (χ0) is 13.5. The topological polar surface area (TPSA) is 41.6 Å². The molecule has 2 fully saturated rings. The highest BCUT2D eigenvalue weighted by atomic mass is 16.5. The summed E-state index contributed by atoms with van der Waals surface area (Å²) in [5.41, 5.74) is 0. The van der Waals surface area contributed by atoms with Gasteiger partial charge in [-0.1, -0.05) is 12.8 Å². The Kier molecular flexibility index (Phi) is 6.11. The van der Waals surface area contributed by atoms with Crippen LogP contribution < -0.4 is 5.32 Å². The molecule has 1 saturated heterocycles. The smallest absolute Gasteiger partial charge is 0.222 e. The van der Waals surface area contributed by atoms with Crippen molar-refractivity contribution in [3.05, 3.63) is 0 Å². The Bertz CT molecular complexity index is 277. The van der Waals surface area contributed by atoms with Gasteiger partial charge < -0.3 is 15.0 Å². The van der Waals surface area contributed by atoms with E-state index in [1.54, 1.807) is 0 Å². The van der Waals surface area contributed by atoms with Gasteiger partial charge >= 0.3 is 0 Å². The Morgan fingerprint density at radius 3 is 2.84 bits per heavy atom. The van der Waals surface area contributed by atoms with Crippen LogP contribution in [0.5, 0.6) is 0 Å². The quantitative estimate of drug-likeness (QED) is 0.716. The first-order chi connectivity index (χ1) is 9.29. The van der Waals surface area contributed by atoms with E-state index in [2.05, 4.69) is 10.2 Å². The van der Waals surface area contributed by atoms with E-state index in [4.69, 9.17) is 4.74 Å². The molecule has 4 nitrogen and oxygen atoms in total. The summed E-state index contributed by atoms with van der Waals surface area (Å²) in [7, 11) is 0. The Morgan fingerprint density at radius 1 is 1.32 bits per heavy atom. The minimum atomic E-state index is 0.132. The number of ether oxygens (including phenoxy) is 1. The summed E-state index contributed by atoms with van der Waals surface area (Å²) in [5.74, 6) is 0.782. The molecule has 110 valence electrons. The third-order valence-corrected chi connectivity index (χ3v) is 4.42. The normalized spacial score (nSPS) is 25.0. The average molecular weight is 268 g/mol. The number of hydrogen-bond donors (Lipinski definition) is 1. The number of hydrogen-bond acceptors (Lipinski definition) is 3. The maximum absolute atomic E-state index is 11.6. The van der Waals surface area contributed by atoms with Crippen molar-refractivity contribution in [1.82, 2.24) is 10.2 Å². The molecule has 0 aromatic rings. The average Bonchev–Trinajstić information content (AvgIpc) is 3.07. The van der Waals surface area contributed by atoms with E-state index >= 15 is 0 Å². The predicted molar refractivity (Wildman–Crippen MR) is 76.1 cm³/mol. The van der Waals surface area contributed by atoms with Crippen molar-refractivity contribution in [1.29, 1.82) is 0 Å². The second-order valence-electron chi connectivity index (χ2n) is 5.84. The van der Waals surface area contributed by atoms with Gasteiger partial charge in [-0.3, -0.25) is 4.79 Å². The van der Waals surface area contributed by atoms with E-state index < -0.39 is 0 Å². The van der Waals surface area contributed by atoms with E-state index in [0.29, 0.717) is 25.6 Å². The lowest BCUT2D eigenvalue weighted by atomic mass is 10.1. The van der Waals surface area contributed by atoms with Crippen molar-refractivity contribution in [2.24, 2.45) is 5.92 Å². The maximum Gasteiger partial charge on any atom is 0.222 e. The van der Waals surface area contributed by atoms with Gasteiger partial charge in [-0.25, -0.2) is 0 Å². The fourth-order valence-electron chi connectivity index (χ4n) is 3.29. The van der Waals surface area contributed by atoms with E-state index in [1.807, 2.05) is 6.92 Å². The van der Waals surface area contributed by atoms with Crippen LogP contribution in [-0.4, -0.2) is 49.7 Å². The number of rotatable bonds is 7. The molecule has 1 unspecified atom stereocenters. The summed E-state index contributed by atoms with van der Waals surface area (Å²) in [6, 6.07) is 0.832. The highest BCUT2D eigenvalue weighted by molar-refractivity contribution is 5.75. The van der Waals surface area contributed by atoms with E-state index in [-0.39, 0.29) is 5.91 Å². The van der Waals surface area contributed by atoms with Crippen LogP contribution >= 0.6 is 0 Å². The summed E-state index contributed by atoms with van der Waals surface area (Å²) in [6.45, 7) is 6.43. The maximum atomic E-state index is 11.6. The van der Waals surface area contributed by atoms with Crippen LogP contribution in [0.15, 0.2) is 0 Å². The zero-order valence-corrected chi connectivity index (χ0v) is 12.2. The molecule has 1 amide bonds. The molecule has 0 spiro atoms. The van der Waals surface area contributed by atoms with Crippen LogP contribution in [0.1, 0.15) is 45.4 Å². The Morgan fingerprint density at radius 2 is 2.11 bits per heavy atom. The van der Waals surface area contributed by atoms with Gasteiger partial charge in [0.2, 0.25) is 5.91 Å². The number of carbonyl (C=O) groups excluding carboxylic acids is 1. The largest absolute Gasteiger partial charge is 0.381 e. The van der Waals surface area contributed by atoms with Crippen LogP contribution in [0, 0.1) is 5.92 Å². The molecule has 2 rings (SSSR count). The molecule has 1 heterocycles. The number of likely N-dealkylation sites (tertiary alicyclic amines) is 1. The first kappa shape index (κ1) is 14.8. The van der Waals surface area contributed by atoms with Gasteiger partial charge in [0.05, 0.1) is 6.61 Å². The number of nitrogens with zero attached hydrogens (tertiary/aromatic N) is 1. The number of nitrogens with one attached hydrogen (secondary N) is 1. The number of amides is 1. The van der Waals surface area contributed by atoms with E-state index in [1.165, 1.54) is 45.2 Å². The lowest BCUT2D eigenvalue weighted by Gasteiger charge is -2.23. The molecule has 1 aliphatic heterocycles. The van der Waals surface area contributed by atoms with Crippen LogP contribution in [0.25, 0.3) is 0 Å². The van der Waals surface area contributed by atoms with Crippen molar-refractivity contribution in [3.63, 3.8) is 0 Å². The highest BCUT2D eigenvalue weighted by Crippen LogP contribution is 2.28. The lowest BCUT2D eigenvalue weighted by molar-refractivity contribution is -0.122. The molecule has 1 saturated carbocycles. The van der Waals surface area contributed by atoms with Gasteiger partial charge in [0, 0.05) is 32.2 Å². The van der Waals surface area contributed by atoms with Gasteiger partial charge in [-0.05, 0) is 38.6 Å². The van der Waals surface area contributed by atoms with Crippen molar-refractivity contribution in [2.45, 2.75) is 51.5 Å². The summed E-state index contributed by atoms with van der Waals surface area (Å²) >= 11 is 0. The molecular formula is C15H28N2O2. The van der Waals surface area contributed by atoms with Gasteiger partial charge in [0.25, 0.3) is 0 Å². The van der Waals surface area contributed by atoms with E-state index in [0.717, 1.165) is 12.6 Å². The molecular weight excluding hydrogens is 240 g/mol. The third-order valence-electron chi connectivity index (χ3n) is 4.42. The second kappa shape index (κ2) is 7.85. The Hall–Kier alpha value is -0.610. The van der Waals surface area contributed by atoms with Crippen molar-refractivity contribution >= 4 is 5.91 Å². The van der Waals surface area contributed by atoms with Crippen LogP contribution in [-0.2, 0) is 9.53 Å². The fraction of sp³-hybridized carbons (Fsp3) is 0.933. The molecule has 0 aromatic carbocycles. The van der Waals surface area contributed by atoms with Gasteiger partial charge in [0.1, 0.15) is 0 Å². The van der Waals surface area contributed by atoms with Crippen molar-refractivity contribution < 1.29 is 9.53 Å². The molecule has 19 heavy (non-hydrogen) atoms. The molecule has 4 heteroatoms. The first-order valence-electron chi connectivity index (χ1n) is 7.88. The minimum absolute atomic E-state index is 0.132. The summed E-state index contributed by atoms with van der Waals surface area (Å²) < 4.78 is 5.19. The molecule has 0 aromatic heterocycles. The minimum Gasteiger partial charge on any atom is -0.381 e. The Balaban J connectivity index is 1.58. The SMILES string of the molecule is CCOCCC(=O)NCC1CCN(C2CCCC2)C1. The standard InChI is InChI=1S/C15H28N2O2/c1-2-19-10-8-15(18)16-11-13-7-9-17(12-13)14-5-3-4-6-14/h13-14H,2-12H2,1H3,(H,16,18). The first-order valence-corrected chi connectivity index (χ1v) is 7.88. The van der Waals surface area contributed by atoms with Crippen LogP contribution in [0.3, 0.4) is 0 Å².